The van der Waals surface area contributed by atoms with Gasteiger partial charge in [0.15, 0.2) is 5.15 Å². The van der Waals surface area contributed by atoms with Crippen LogP contribution in [0, 0.1) is 11.8 Å². The zero-order valence-electron chi connectivity index (χ0n) is 9.97. The molecule has 0 atom stereocenters. The smallest absolute Gasteiger partial charge is 0.306 e. The van der Waals surface area contributed by atoms with Crippen LogP contribution in [0.15, 0.2) is 12.1 Å². The number of anilines is 1. The van der Waals surface area contributed by atoms with Crippen molar-refractivity contribution >= 4 is 23.4 Å². The molecule has 1 saturated carbocycles. The van der Waals surface area contributed by atoms with E-state index in [1.807, 2.05) is 0 Å². The predicted molar refractivity (Wildman–Crippen MR) is 68.6 cm³/mol. The molecule has 0 saturated heterocycles. The highest BCUT2D eigenvalue weighted by atomic mass is 35.5. The number of hydrogen-bond acceptors (Lipinski definition) is 4. The molecule has 0 spiro atoms. The maximum absolute atomic E-state index is 10.8. The molecule has 0 bridgehead atoms. The highest BCUT2D eigenvalue weighted by Crippen LogP contribution is 2.28. The zero-order valence-corrected chi connectivity index (χ0v) is 10.7. The van der Waals surface area contributed by atoms with Crippen molar-refractivity contribution in [2.45, 2.75) is 25.7 Å². The minimum atomic E-state index is -0.662. The van der Waals surface area contributed by atoms with E-state index in [-0.39, 0.29) is 5.92 Å². The molecule has 5 nitrogen and oxygen atoms in total. The topological polar surface area (TPSA) is 75.1 Å². The quantitative estimate of drug-likeness (QED) is 0.878. The summed E-state index contributed by atoms with van der Waals surface area (Å²) in [5.41, 5.74) is 0. The summed E-state index contributed by atoms with van der Waals surface area (Å²) in [5, 5.41) is 20.2. The lowest BCUT2D eigenvalue weighted by atomic mass is 9.82. The number of rotatable bonds is 4. The molecule has 1 heterocycles. The van der Waals surface area contributed by atoms with Crippen molar-refractivity contribution in [1.29, 1.82) is 0 Å². The van der Waals surface area contributed by atoms with Crippen molar-refractivity contribution in [1.82, 2.24) is 10.2 Å². The highest BCUT2D eigenvalue weighted by Gasteiger charge is 2.25. The monoisotopic (exact) mass is 269 g/mol. The van der Waals surface area contributed by atoms with Gasteiger partial charge in [-0.15, -0.1) is 10.2 Å². The van der Waals surface area contributed by atoms with Gasteiger partial charge in [-0.3, -0.25) is 4.79 Å². The standard InChI is InChI=1S/C12H16ClN3O2/c13-10-5-6-11(16-15-10)14-7-8-1-3-9(4-2-8)12(17)18/h5-6,8-9H,1-4,7H2,(H,14,16)(H,17,18). The summed E-state index contributed by atoms with van der Waals surface area (Å²) in [4.78, 5) is 10.8. The van der Waals surface area contributed by atoms with Crippen molar-refractivity contribution < 1.29 is 9.90 Å². The third kappa shape index (κ3) is 3.57. The summed E-state index contributed by atoms with van der Waals surface area (Å²) >= 11 is 5.65. The number of aromatic nitrogens is 2. The number of nitrogens with zero attached hydrogens (tertiary/aromatic N) is 2. The second-order valence-electron chi connectivity index (χ2n) is 4.68. The van der Waals surface area contributed by atoms with Gasteiger partial charge in [0.2, 0.25) is 0 Å². The lowest BCUT2D eigenvalue weighted by Crippen LogP contribution is -2.25. The Bertz CT molecular complexity index is 402. The molecule has 0 radical (unpaired) electrons. The van der Waals surface area contributed by atoms with Crippen LogP contribution >= 0.6 is 11.6 Å². The molecule has 98 valence electrons. The average molecular weight is 270 g/mol. The van der Waals surface area contributed by atoms with Gasteiger partial charge >= 0.3 is 5.97 Å². The molecule has 1 aliphatic carbocycles. The van der Waals surface area contributed by atoms with Crippen molar-refractivity contribution in [3.63, 3.8) is 0 Å². The lowest BCUT2D eigenvalue weighted by molar-refractivity contribution is -0.143. The molecule has 2 N–H and O–H groups in total. The minimum Gasteiger partial charge on any atom is -0.481 e. The molecule has 1 fully saturated rings. The van der Waals surface area contributed by atoms with Gasteiger partial charge in [-0.05, 0) is 43.7 Å². The number of carboxylic acids is 1. The van der Waals surface area contributed by atoms with Crippen molar-refractivity contribution in [2.75, 3.05) is 11.9 Å². The third-order valence-corrected chi connectivity index (χ3v) is 3.60. The number of nitrogens with one attached hydrogen (secondary N) is 1. The summed E-state index contributed by atoms with van der Waals surface area (Å²) in [6.07, 6.45) is 3.44. The van der Waals surface area contributed by atoms with Gasteiger partial charge in [-0.25, -0.2) is 0 Å². The number of halogens is 1. The molecule has 1 aromatic rings. The number of carboxylic acid groups (broad SMARTS) is 1. The van der Waals surface area contributed by atoms with Gasteiger partial charge in [0.1, 0.15) is 5.82 Å². The van der Waals surface area contributed by atoms with Crippen LogP contribution in [-0.4, -0.2) is 27.8 Å². The van der Waals surface area contributed by atoms with Crippen molar-refractivity contribution in [3.8, 4) is 0 Å². The van der Waals surface area contributed by atoms with E-state index in [2.05, 4.69) is 15.5 Å². The van der Waals surface area contributed by atoms with Crippen LogP contribution in [0.2, 0.25) is 5.15 Å². The molecule has 18 heavy (non-hydrogen) atoms. The van der Waals surface area contributed by atoms with E-state index in [0.29, 0.717) is 16.9 Å². The van der Waals surface area contributed by atoms with Gasteiger partial charge in [0, 0.05) is 6.54 Å². The van der Waals surface area contributed by atoms with Crippen LogP contribution < -0.4 is 5.32 Å². The zero-order chi connectivity index (χ0) is 13.0. The second-order valence-corrected chi connectivity index (χ2v) is 5.07. The Hall–Kier alpha value is -1.36. The first kappa shape index (κ1) is 13.1. The first-order valence-corrected chi connectivity index (χ1v) is 6.49. The van der Waals surface area contributed by atoms with Gasteiger partial charge in [-0.1, -0.05) is 11.6 Å². The Morgan fingerprint density at radius 1 is 1.33 bits per heavy atom. The number of hydrogen-bond donors (Lipinski definition) is 2. The number of aliphatic carboxylic acids is 1. The maximum Gasteiger partial charge on any atom is 0.306 e. The van der Waals surface area contributed by atoms with E-state index >= 15 is 0 Å². The Balaban J connectivity index is 1.75. The van der Waals surface area contributed by atoms with E-state index in [1.54, 1.807) is 12.1 Å². The summed E-state index contributed by atoms with van der Waals surface area (Å²) in [7, 11) is 0. The van der Waals surface area contributed by atoms with Gasteiger partial charge in [0.25, 0.3) is 0 Å². The van der Waals surface area contributed by atoms with E-state index in [1.165, 1.54) is 0 Å². The Labute approximate surface area is 111 Å². The molecule has 1 aliphatic rings. The van der Waals surface area contributed by atoms with Crippen molar-refractivity contribution in [3.05, 3.63) is 17.3 Å². The van der Waals surface area contributed by atoms with E-state index in [9.17, 15) is 4.79 Å². The van der Waals surface area contributed by atoms with E-state index in [4.69, 9.17) is 16.7 Å². The van der Waals surface area contributed by atoms with Crippen molar-refractivity contribution in [2.24, 2.45) is 11.8 Å². The highest BCUT2D eigenvalue weighted by molar-refractivity contribution is 6.29. The first-order valence-electron chi connectivity index (χ1n) is 6.11. The summed E-state index contributed by atoms with van der Waals surface area (Å²) < 4.78 is 0. The molecule has 6 heteroatoms. The lowest BCUT2D eigenvalue weighted by Gasteiger charge is -2.26. The van der Waals surface area contributed by atoms with Crippen LogP contribution in [-0.2, 0) is 4.79 Å². The first-order chi connectivity index (χ1) is 8.65. The summed E-state index contributed by atoms with van der Waals surface area (Å²) in [6, 6.07) is 3.48. The molecule has 0 aliphatic heterocycles. The van der Waals surface area contributed by atoms with Crippen LogP contribution in [0.1, 0.15) is 25.7 Å². The number of carbonyl (C=O) groups is 1. The summed E-state index contributed by atoms with van der Waals surface area (Å²) in [5.74, 6) is 0.402. The fourth-order valence-electron chi connectivity index (χ4n) is 2.27. The molecular formula is C12H16ClN3O2. The molecule has 1 aromatic heterocycles. The average Bonchev–Trinajstić information content (AvgIpc) is 2.38. The third-order valence-electron chi connectivity index (χ3n) is 3.40. The van der Waals surface area contributed by atoms with E-state index < -0.39 is 5.97 Å². The van der Waals surface area contributed by atoms with Gasteiger partial charge < -0.3 is 10.4 Å². The van der Waals surface area contributed by atoms with Gasteiger partial charge in [-0.2, -0.15) is 0 Å². The molecule has 0 aromatic carbocycles. The van der Waals surface area contributed by atoms with E-state index in [0.717, 1.165) is 32.2 Å². The van der Waals surface area contributed by atoms with Crippen LogP contribution in [0.25, 0.3) is 0 Å². The maximum atomic E-state index is 10.8. The molecule has 2 rings (SSSR count). The Kier molecular flexibility index (Phi) is 4.36. The normalized spacial score (nSPS) is 23.6. The Morgan fingerprint density at radius 3 is 2.61 bits per heavy atom. The molecular weight excluding hydrogens is 254 g/mol. The second kappa shape index (κ2) is 6.00. The fourth-order valence-corrected chi connectivity index (χ4v) is 2.37. The molecule has 0 amide bonds. The van der Waals surface area contributed by atoms with Crippen LogP contribution in [0.5, 0.6) is 0 Å². The SMILES string of the molecule is O=C(O)C1CCC(CNc2ccc(Cl)nn2)CC1. The Morgan fingerprint density at radius 2 is 2.06 bits per heavy atom. The molecule has 0 unspecified atom stereocenters. The van der Waals surface area contributed by atoms with Crippen LogP contribution in [0.3, 0.4) is 0 Å². The summed E-state index contributed by atoms with van der Waals surface area (Å²) in [6.45, 7) is 0.808. The van der Waals surface area contributed by atoms with Gasteiger partial charge in [0.05, 0.1) is 5.92 Å². The fraction of sp³-hybridized carbons (Fsp3) is 0.583. The largest absolute Gasteiger partial charge is 0.481 e. The predicted octanol–water partition coefficient (Wildman–Crippen LogP) is 2.43. The minimum absolute atomic E-state index is 0.156. The van der Waals surface area contributed by atoms with Crippen LogP contribution in [0.4, 0.5) is 5.82 Å².